The molecule has 0 amide bonds. The summed E-state index contributed by atoms with van der Waals surface area (Å²) in [5.41, 5.74) is 4.56. The second-order valence-electron chi connectivity index (χ2n) is 3.36. The van der Waals surface area contributed by atoms with Gasteiger partial charge in [0, 0.05) is 6.20 Å². The van der Waals surface area contributed by atoms with Crippen LogP contribution in [0.25, 0.3) is 0 Å². The molecule has 0 bridgehead atoms. The molecule has 1 aliphatic heterocycles. The number of anilines is 1. The normalized spacial score (nSPS) is 21.3. The molecule has 1 atom stereocenters. The van der Waals surface area contributed by atoms with Gasteiger partial charge in [0.15, 0.2) is 0 Å². The van der Waals surface area contributed by atoms with Gasteiger partial charge >= 0.3 is 5.69 Å². The van der Waals surface area contributed by atoms with Crippen LogP contribution < -0.4 is 22.3 Å². The third-order valence-corrected chi connectivity index (χ3v) is 2.37. The molecule has 6 nitrogen and oxygen atoms in total. The third kappa shape index (κ3) is 1.44. The molecular weight excluding hydrogens is 184 g/mol. The lowest BCUT2D eigenvalue weighted by atomic mass is 10.3. The molecule has 0 aliphatic carbocycles. The molecule has 0 spiro atoms. The van der Waals surface area contributed by atoms with Gasteiger partial charge in [0.1, 0.15) is 5.69 Å². The summed E-state index contributed by atoms with van der Waals surface area (Å²) in [5.74, 6) is 0. The molecule has 14 heavy (non-hydrogen) atoms. The summed E-state index contributed by atoms with van der Waals surface area (Å²) < 4.78 is 1.43. The SMILES string of the molecule is Nc1cn(C2CCCN2)c(=O)[nH]c1=O. The molecular formula is C8H12N4O2. The number of rotatable bonds is 1. The molecule has 1 saturated heterocycles. The predicted octanol–water partition coefficient (Wildman–Crippen LogP) is -0.999. The van der Waals surface area contributed by atoms with Gasteiger partial charge in [0.2, 0.25) is 0 Å². The van der Waals surface area contributed by atoms with Gasteiger partial charge in [-0.2, -0.15) is 0 Å². The van der Waals surface area contributed by atoms with Crippen LogP contribution in [0.2, 0.25) is 0 Å². The fourth-order valence-corrected chi connectivity index (χ4v) is 1.64. The van der Waals surface area contributed by atoms with Crippen LogP contribution in [0.5, 0.6) is 0 Å². The minimum absolute atomic E-state index is 0.0401. The summed E-state index contributed by atoms with van der Waals surface area (Å²) in [4.78, 5) is 24.6. The van der Waals surface area contributed by atoms with Gasteiger partial charge < -0.3 is 5.73 Å². The van der Waals surface area contributed by atoms with Gasteiger partial charge in [-0.3, -0.25) is 19.7 Å². The molecule has 2 rings (SSSR count). The number of aromatic amines is 1. The number of nitrogen functional groups attached to an aromatic ring is 1. The molecule has 1 aliphatic rings. The van der Waals surface area contributed by atoms with E-state index in [-0.39, 0.29) is 11.9 Å². The number of aromatic nitrogens is 2. The number of nitrogens with two attached hydrogens (primary N) is 1. The Morgan fingerprint density at radius 3 is 2.93 bits per heavy atom. The molecule has 6 heteroatoms. The van der Waals surface area contributed by atoms with Gasteiger partial charge in [-0.1, -0.05) is 0 Å². The molecule has 1 fully saturated rings. The standard InChI is InChI=1S/C8H12N4O2/c9-5-4-12(6-2-1-3-10-6)8(14)11-7(5)13/h4,6,10H,1-3,9H2,(H,11,13,14). The van der Waals surface area contributed by atoms with Crippen molar-refractivity contribution in [2.45, 2.75) is 19.0 Å². The predicted molar refractivity (Wildman–Crippen MR) is 52.0 cm³/mol. The first-order valence-corrected chi connectivity index (χ1v) is 4.53. The zero-order valence-corrected chi connectivity index (χ0v) is 7.62. The molecule has 1 unspecified atom stereocenters. The topological polar surface area (TPSA) is 92.9 Å². The lowest BCUT2D eigenvalue weighted by Crippen LogP contribution is -2.36. The number of nitrogens with one attached hydrogen (secondary N) is 2. The molecule has 4 N–H and O–H groups in total. The second kappa shape index (κ2) is 3.30. The van der Waals surface area contributed by atoms with Crippen molar-refractivity contribution in [3.05, 3.63) is 27.0 Å². The largest absolute Gasteiger partial charge is 0.393 e. The van der Waals surface area contributed by atoms with E-state index in [9.17, 15) is 9.59 Å². The average molecular weight is 196 g/mol. The van der Waals surface area contributed by atoms with Crippen molar-refractivity contribution in [2.75, 3.05) is 12.3 Å². The van der Waals surface area contributed by atoms with Gasteiger partial charge in [-0.25, -0.2) is 4.79 Å². The molecule has 1 aromatic rings. The van der Waals surface area contributed by atoms with Crippen LogP contribution in [0, 0.1) is 0 Å². The van der Waals surface area contributed by atoms with Crippen molar-refractivity contribution >= 4 is 5.69 Å². The minimum Gasteiger partial charge on any atom is -0.393 e. The van der Waals surface area contributed by atoms with Crippen LogP contribution in [0.15, 0.2) is 15.8 Å². The summed E-state index contributed by atoms with van der Waals surface area (Å²) in [6.45, 7) is 0.885. The Balaban J connectivity index is 2.47. The van der Waals surface area contributed by atoms with Gasteiger partial charge in [0.05, 0.1) is 6.17 Å². The molecule has 0 aromatic carbocycles. The van der Waals surface area contributed by atoms with Gasteiger partial charge in [-0.15, -0.1) is 0 Å². The van der Waals surface area contributed by atoms with Crippen LogP contribution in [0.1, 0.15) is 19.0 Å². The Bertz CT molecular complexity index is 441. The van der Waals surface area contributed by atoms with Crippen molar-refractivity contribution < 1.29 is 0 Å². The van der Waals surface area contributed by atoms with E-state index in [0.29, 0.717) is 0 Å². The Hall–Kier alpha value is -1.56. The van der Waals surface area contributed by atoms with E-state index in [1.54, 1.807) is 0 Å². The van der Waals surface area contributed by atoms with Crippen LogP contribution in [-0.4, -0.2) is 16.1 Å². The van der Waals surface area contributed by atoms with Crippen molar-refractivity contribution in [3.8, 4) is 0 Å². The van der Waals surface area contributed by atoms with Crippen LogP contribution in [0.3, 0.4) is 0 Å². The Kier molecular flexibility index (Phi) is 2.12. The molecule has 1 aromatic heterocycles. The Morgan fingerprint density at radius 2 is 2.29 bits per heavy atom. The van der Waals surface area contributed by atoms with Gasteiger partial charge in [0.25, 0.3) is 5.56 Å². The highest BCUT2D eigenvalue weighted by Gasteiger charge is 2.17. The highest BCUT2D eigenvalue weighted by Crippen LogP contribution is 2.13. The molecule has 2 heterocycles. The highest BCUT2D eigenvalue weighted by molar-refractivity contribution is 5.30. The molecule has 0 saturated carbocycles. The van der Waals surface area contributed by atoms with Crippen LogP contribution in [0.4, 0.5) is 5.69 Å². The number of hydrogen-bond acceptors (Lipinski definition) is 4. The van der Waals surface area contributed by atoms with Gasteiger partial charge in [-0.05, 0) is 19.4 Å². The third-order valence-electron chi connectivity index (χ3n) is 2.37. The molecule has 76 valence electrons. The highest BCUT2D eigenvalue weighted by atomic mass is 16.2. The fourth-order valence-electron chi connectivity index (χ4n) is 1.64. The lowest BCUT2D eigenvalue weighted by molar-refractivity contribution is 0.447. The summed E-state index contributed by atoms with van der Waals surface area (Å²) in [7, 11) is 0. The monoisotopic (exact) mass is 196 g/mol. The van der Waals surface area contributed by atoms with Crippen LogP contribution >= 0.6 is 0 Å². The van der Waals surface area contributed by atoms with Crippen molar-refractivity contribution in [1.29, 1.82) is 0 Å². The zero-order chi connectivity index (χ0) is 10.1. The maximum Gasteiger partial charge on any atom is 0.329 e. The van der Waals surface area contributed by atoms with Crippen LogP contribution in [-0.2, 0) is 0 Å². The van der Waals surface area contributed by atoms with Crippen molar-refractivity contribution in [2.24, 2.45) is 0 Å². The summed E-state index contributed by atoms with van der Waals surface area (Å²) in [5, 5.41) is 3.15. The van der Waals surface area contributed by atoms with E-state index in [2.05, 4.69) is 10.3 Å². The van der Waals surface area contributed by atoms with Crippen molar-refractivity contribution in [3.63, 3.8) is 0 Å². The number of hydrogen-bond donors (Lipinski definition) is 3. The summed E-state index contributed by atoms with van der Waals surface area (Å²) in [6, 6.07) is 0. The number of H-pyrrole nitrogens is 1. The minimum atomic E-state index is -0.524. The van der Waals surface area contributed by atoms with E-state index in [0.717, 1.165) is 19.4 Å². The first-order chi connectivity index (χ1) is 6.68. The summed E-state index contributed by atoms with van der Waals surface area (Å²) in [6.07, 6.45) is 3.26. The first kappa shape index (κ1) is 9.01. The fraction of sp³-hybridized carbons (Fsp3) is 0.500. The van der Waals surface area contributed by atoms with E-state index in [1.165, 1.54) is 10.8 Å². The first-order valence-electron chi connectivity index (χ1n) is 4.53. The van der Waals surface area contributed by atoms with E-state index in [1.807, 2.05) is 0 Å². The quantitative estimate of drug-likeness (QED) is 0.537. The average Bonchev–Trinajstić information content (AvgIpc) is 2.64. The molecule has 0 radical (unpaired) electrons. The zero-order valence-electron chi connectivity index (χ0n) is 7.62. The smallest absolute Gasteiger partial charge is 0.329 e. The van der Waals surface area contributed by atoms with E-state index < -0.39 is 11.2 Å². The number of nitrogens with zero attached hydrogens (tertiary/aromatic N) is 1. The Morgan fingerprint density at radius 1 is 1.50 bits per heavy atom. The maximum absolute atomic E-state index is 11.4. The summed E-state index contributed by atoms with van der Waals surface area (Å²) >= 11 is 0. The van der Waals surface area contributed by atoms with E-state index in [4.69, 9.17) is 5.73 Å². The van der Waals surface area contributed by atoms with E-state index >= 15 is 0 Å². The lowest BCUT2D eigenvalue weighted by Gasteiger charge is -2.13. The second-order valence-corrected chi connectivity index (χ2v) is 3.36. The Labute approximate surface area is 79.7 Å². The maximum atomic E-state index is 11.4. The van der Waals surface area contributed by atoms with Crippen molar-refractivity contribution in [1.82, 2.24) is 14.9 Å².